The van der Waals surface area contributed by atoms with Crippen LogP contribution in [0.5, 0.6) is 5.75 Å². The number of nitrogens with one attached hydrogen (secondary N) is 1. The van der Waals surface area contributed by atoms with Crippen LogP contribution in [0.4, 0.5) is 0 Å². The zero-order chi connectivity index (χ0) is 12.7. The molecule has 0 aliphatic carbocycles. The molecule has 1 rings (SSSR count). The molecule has 0 bridgehead atoms. The van der Waals surface area contributed by atoms with E-state index in [1.807, 2.05) is 24.3 Å². The zero-order valence-electron chi connectivity index (χ0n) is 10.6. The van der Waals surface area contributed by atoms with Gasteiger partial charge < -0.3 is 15.2 Å². The van der Waals surface area contributed by atoms with Crippen LogP contribution in [-0.2, 0) is 6.61 Å². The van der Waals surface area contributed by atoms with Crippen molar-refractivity contribution >= 4 is 0 Å². The number of benzene rings is 1. The lowest BCUT2D eigenvalue weighted by Crippen LogP contribution is -2.26. The van der Waals surface area contributed by atoms with Crippen molar-refractivity contribution in [2.45, 2.75) is 26.5 Å². The minimum atomic E-state index is 0.0608. The fourth-order valence-electron chi connectivity index (χ4n) is 1.28. The first kappa shape index (κ1) is 13.7. The second-order valence-corrected chi connectivity index (χ2v) is 4.38. The Labute approximate surface area is 103 Å². The molecule has 0 fully saturated rings. The second kappa shape index (κ2) is 7.09. The van der Waals surface area contributed by atoms with Crippen molar-refractivity contribution in [3.8, 4) is 5.75 Å². The summed E-state index contributed by atoms with van der Waals surface area (Å²) in [6.07, 6.45) is 0. The van der Waals surface area contributed by atoms with E-state index in [1.165, 1.54) is 0 Å². The van der Waals surface area contributed by atoms with Crippen LogP contribution in [0.15, 0.2) is 36.4 Å². The smallest absolute Gasteiger partial charge is 0.119 e. The molecule has 2 N–H and O–H groups in total. The van der Waals surface area contributed by atoms with Crippen LogP contribution in [0.2, 0.25) is 0 Å². The van der Waals surface area contributed by atoms with Gasteiger partial charge in [0.15, 0.2) is 0 Å². The van der Waals surface area contributed by atoms with E-state index in [0.717, 1.165) is 23.4 Å². The third kappa shape index (κ3) is 5.52. The Bertz CT molecular complexity index is 344. The van der Waals surface area contributed by atoms with Gasteiger partial charge in [0.1, 0.15) is 12.4 Å². The molecular weight excluding hydrogens is 214 g/mol. The number of hydrogen-bond acceptors (Lipinski definition) is 3. The average Bonchev–Trinajstić information content (AvgIpc) is 2.34. The van der Waals surface area contributed by atoms with E-state index in [4.69, 9.17) is 9.84 Å². The summed E-state index contributed by atoms with van der Waals surface area (Å²) < 4.78 is 5.58. The second-order valence-electron chi connectivity index (χ2n) is 4.38. The first-order valence-corrected chi connectivity index (χ1v) is 5.84. The largest absolute Gasteiger partial charge is 0.489 e. The van der Waals surface area contributed by atoms with E-state index in [-0.39, 0.29) is 6.61 Å². The molecule has 3 heteroatoms. The highest BCUT2D eigenvalue weighted by Crippen LogP contribution is 2.12. The molecule has 0 saturated carbocycles. The highest BCUT2D eigenvalue weighted by molar-refractivity contribution is 5.27. The molecule has 0 amide bonds. The minimum Gasteiger partial charge on any atom is -0.489 e. The van der Waals surface area contributed by atoms with Gasteiger partial charge in [-0.1, -0.05) is 32.6 Å². The third-order valence-electron chi connectivity index (χ3n) is 2.31. The van der Waals surface area contributed by atoms with Crippen LogP contribution in [0.3, 0.4) is 0 Å². The van der Waals surface area contributed by atoms with Crippen LogP contribution in [0.1, 0.15) is 19.4 Å². The van der Waals surface area contributed by atoms with Crippen molar-refractivity contribution in [1.29, 1.82) is 0 Å². The summed E-state index contributed by atoms with van der Waals surface area (Å²) in [7, 11) is 0. The van der Waals surface area contributed by atoms with E-state index >= 15 is 0 Å². The molecule has 0 unspecified atom stereocenters. The minimum absolute atomic E-state index is 0.0608. The lowest BCUT2D eigenvalue weighted by Gasteiger charge is -2.12. The molecule has 0 atom stereocenters. The van der Waals surface area contributed by atoms with E-state index < -0.39 is 0 Å². The molecular formula is C14H21NO2. The monoisotopic (exact) mass is 235 g/mol. The summed E-state index contributed by atoms with van der Waals surface area (Å²) in [6, 6.07) is 7.87. The number of ether oxygens (including phenoxy) is 1. The molecule has 0 aromatic heterocycles. The van der Waals surface area contributed by atoms with Crippen LogP contribution in [0, 0.1) is 0 Å². The fraction of sp³-hybridized carbons (Fsp3) is 0.429. The highest BCUT2D eigenvalue weighted by Gasteiger charge is 1.99. The molecule has 94 valence electrons. The summed E-state index contributed by atoms with van der Waals surface area (Å²) in [6.45, 7) is 9.49. The van der Waals surface area contributed by atoms with Gasteiger partial charge in [0.25, 0.3) is 0 Å². The number of aliphatic hydroxyl groups is 1. The molecule has 0 spiro atoms. The summed E-state index contributed by atoms with van der Waals surface area (Å²) in [5, 5.41) is 12.2. The zero-order valence-corrected chi connectivity index (χ0v) is 10.6. The Morgan fingerprint density at radius 1 is 1.35 bits per heavy atom. The molecule has 1 aromatic carbocycles. The third-order valence-corrected chi connectivity index (χ3v) is 2.31. The van der Waals surface area contributed by atoms with Crippen molar-refractivity contribution in [1.82, 2.24) is 5.32 Å². The number of rotatable bonds is 7. The van der Waals surface area contributed by atoms with Crippen molar-refractivity contribution in [3.05, 3.63) is 42.0 Å². The van der Waals surface area contributed by atoms with Gasteiger partial charge in [-0.15, -0.1) is 0 Å². The van der Waals surface area contributed by atoms with Crippen molar-refractivity contribution in [2.75, 3.05) is 13.2 Å². The topological polar surface area (TPSA) is 41.5 Å². The molecule has 0 aliphatic heterocycles. The van der Waals surface area contributed by atoms with Crippen LogP contribution >= 0.6 is 0 Å². The van der Waals surface area contributed by atoms with Gasteiger partial charge >= 0.3 is 0 Å². The van der Waals surface area contributed by atoms with Gasteiger partial charge in [-0.05, 0) is 23.3 Å². The molecule has 0 radical (unpaired) electrons. The normalized spacial score (nSPS) is 10.6. The summed E-state index contributed by atoms with van der Waals surface area (Å²) in [4.78, 5) is 0. The van der Waals surface area contributed by atoms with Crippen molar-refractivity contribution in [2.24, 2.45) is 0 Å². The molecule has 1 aromatic rings. The lowest BCUT2D eigenvalue weighted by atomic mass is 10.2. The van der Waals surface area contributed by atoms with Crippen LogP contribution in [-0.4, -0.2) is 24.3 Å². The SMILES string of the molecule is C=C(CNC(C)C)COc1ccc(CO)cc1. The van der Waals surface area contributed by atoms with Gasteiger partial charge in [-0.25, -0.2) is 0 Å². The molecule has 0 heterocycles. The highest BCUT2D eigenvalue weighted by atomic mass is 16.5. The van der Waals surface area contributed by atoms with E-state index in [1.54, 1.807) is 0 Å². The molecule has 0 saturated heterocycles. The maximum Gasteiger partial charge on any atom is 0.119 e. The maximum absolute atomic E-state index is 8.91. The summed E-state index contributed by atoms with van der Waals surface area (Å²) in [5.74, 6) is 0.799. The maximum atomic E-state index is 8.91. The Kier molecular flexibility index (Phi) is 5.73. The van der Waals surface area contributed by atoms with Crippen LogP contribution < -0.4 is 10.1 Å². The quantitative estimate of drug-likeness (QED) is 0.711. The summed E-state index contributed by atoms with van der Waals surface area (Å²) in [5.41, 5.74) is 1.91. The van der Waals surface area contributed by atoms with Gasteiger partial charge in [0.2, 0.25) is 0 Å². The van der Waals surface area contributed by atoms with Gasteiger partial charge in [0, 0.05) is 12.6 Å². The predicted octanol–water partition coefficient (Wildman–Crippen LogP) is 2.11. The van der Waals surface area contributed by atoms with Gasteiger partial charge in [0.05, 0.1) is 6.61 Å². The first-order valence-electron chi connectivity index (χ1n) is 5.84. The van der Waals surface area contributed by atoms with Gasteiger partial charge in [-0.3, -0.25) is 0 Å². The molecule has 3 nitrogen and oxygen atoms in total. The van der Waals surface area contributed by atoms with E-state index in [0.29, 0.717) is 12.6 Å². The molecule has 17 heavy (non-hydrogen) atoms. The predicted molar refractivity (Wildman–Crippen MR) is 70.1 cm³/mol. The fourth-order valence-corrected chi connectivity index (χ4v) is 1.28. The average molecular weight is 235 g/mol. The number of aliphatic hydroxyl groups excluding tert-OH is 1. The Balaban J connectivity index is 2.31. The first-order chi connectivity index (χ1) is 8.11. The standard InChI is InChI=1S/C14H21NO2/c1-11(2)15-8-12(3)10-17-14-6-4-13(9-16)5-7-14/h4-7,11,15-16H,3,8-10H2,1-2H3. The molecule has 0 aliphatic rings. The lowest BCUT2D eigenvalue weighted by molar-refractivity contribution is 0.281. The summed E-state index contributed by atoms with van der Waals surface area (Å²) >= 11 is 0. The van der Waals surface area contributed by atoms with Crippen LogP contribution in [0.25, 0.3) is 0 Å². The Hall–Kier alpha value is -1.32. The van der Waals surface area contributed by atoms with Gasteiger partial charge in [-0.2, -0.15) is 0 Å². The number of hydrogen-bond donors (Lipinski definition) is 2. The van der Waals surface area contributed by atoms with Crippen molar-refractivity contribution in [3.63, 3.8) is 0 Å². The van der Waals surface area contributed by atoms with E-state index in [9.17, 15) is 0 Å². The van der Waals surface area contributed by atoms with Crippen molar-refractivity contribution < 1.29 is 9.84 Å². The Morgan fingerprint density at radius 2 is 2.00 bits per heavy atom. The van der Waals surface area contributed by atoms with E-state index in [2.05, 4.69) is 25.7 Å². The Morgan fingerprint density at radius 3 is 2.53 bits per heavy atom.